The third-order valence-corrected chi connectivity index (χ3v) is 12.9. The number of rotatable bonds is 53. The lowest BCUT2D eigenvalue weighted by atomic mass is 10.1. The summed E-state index contributed by atoms with van der Waals surface area (Å²) < 4.78 is 34.5. The van der Waals surface area contributed by atoms with Crippen LogP contribution in [-0.2, 0) is 32.7 Å². The summed E-state index contributed by atoms with van der Waals surface area (Å²) in [4.78, 5) is 35.7. The first-order valence-corrected chi connectivity index (χ1v) is 32.0. The minimum absolute atomic E-state index is 0.0114. The van der Waals surface area contributed by atoms with Crippen LogP contribution in [0, 0.1) is 0 Å². The highest BCUT2D eigenvalue weighted by molar-refractivity contribution is 7.47. The van der Waals surface area contributed by atoms with Crippen molar-refractivity contribution in [1.29, 1.82) is 0 Å². The predicted octanol–water partition coefficient (Wildman–Crippen LogP) is 19.6. The first-order chi connectivity index (χ1) is 39.0. The van der Waals surface area contributed by atoms with E-state index in [2.05, 4.69) is 196 Å². The molecule has 448 valence electrons. The molecule has 0 saturated heterocycles. The number of carbonyl (C=O) groups excluding carboxylic acids is 2. The van der Waals surface area contributed by atoms with Gasteiger partial charge in [0.25, 0.3) is 0 Å². The Hall–Kier alpha value is -4.89. The van der Waals surface area contributed by atoms with Gasteiger partial charge in [-0.2, -0.15) is 0 Å². The van der Waals surface area contributed by atoms with Crippen LogP contribution in [0.5, 0.6) is 0 Å². The van der Waals surface area contributed by atoms with Crippen LogP contribution in [0.4, 0.5) is 0 Å². The Morgan fingerprint density at radius 3 is 1.00 bits per heavy atom. The summed E-state index contributed by atoms with van der Waals surface area (Å²) in [5.74, 6) is -0.867. The van der Waals surface area contributed by atoms with E-state index in [0.717, 1.165) is 154 Å². The Balaban J connectivity index is 4.31. The molecule has 0 amide bonds. The van der Waals surface area contributed by atoms with E-state index < -0.39 is 32.5 Å². The lowest BCUT2D eigenvalue weighted by Gasteiger charge is -2.24. The quantitative estimate of drug-likeness (QED) is 0.0211. The zero-order valence-electron chi connectivity index (χ0n) is 50.7. The van der Waals surface area contributed by atoms with Gasteiger partial charge in [-0.05, 0) is 135 Å². The molecule has 0 aromatic carbocycles. The molecule has 0 radical (unpaired) electrons. The number of hydrogen-bond acceptors (Lipinski definition) is 7. The Bertz CT molecular complexity index is 2000. The molecule has 80 heavy (non-hydrogen) atoms. The van der Waals surface area contributed by atoms with Crippen molar-refractivity contribution >= 4 is 19.8 Å². The average Bonchev–Trinajstić information content (AvgIpc) is 3.42. The largest absolute Gasteiger partial charge is 0.472 e. The van der Waals surface area contributed by atoms with Crippen molar-refractivity contribution < 1.29 is 42.1 Å². The summed E-state index contributed by atoms with van der Waals surface area (Å²) in [6, 6.07) is 0. The summed E-state index contributed by atoms with van der Waals surface area (Å²) in [6.07, 6.45) is 91.0. The molecule has 2 atom stereocenters. The van der Waals surface area contributed by atoms with Crippen molar-refractivity contribution in [3.8, 4) is 0 Å². The van der Waals surface area contributed by atoms with E-state index in [-0.39, 0.29) is 26.1 Å². The standard InChI is InChI=1S/C70H110NO8P/c1-6-8-10-12-14-16-18-20-22-24-26-28-30-31-32-33-34-35-36-37-38-39-41-43-45-47-49-51-53-55-57-59-61-63-70(73)79-68(67-78-80(74,75)77-65-64-71(3,4)5)66-76-69(72)62-60-58-56-54-52-50-48-46-44-42-40-29-27-25-23-21-19-17-15-13-11-9-7-2/h8-11,14-17,20-23,26-29,31-32,34-35,37-38,41-44,47-50,68H,6-7,12-13,18-19,24-25,30,33,36,39-40,45-46,51-67H2,1-5H3/p+1/b10-8-,11-9-,16-14-,17-15-,22-20-,23-21-,28-26-,29-27-,32-31-,35-34-,38-37-,43-41-,44-42-,49-47-,50-48-. The molecule has 0 rings (SSSR count). The molecule has 0 aromatic rings. The molecule has 1 N–H and O–H groups in total. The minimum atomic E-state index is -4.42. The number of phosphoric ester groups is 1. The molecule has 0 saturated carbocycles. The van der Waals surface area contributed by atoms with Gasteiger partial charge in [0.05, 0.1) is 27.7 Å². The Morgan fingerprint density at radius 1 is 0.388 bits per heavy atom. The van der Waals surface area contributed by atoms with E-state index >= 15 is 0 Å². The van der Waals surface area contributed by atoms with Crippen LogP contribution >= 0.6 is 7.82 Å². The van der Waals surface area contributed by atoms with Crippen LogP contribution in [0.15, 0.2) is 182 Å². The first kappa shape index (κ1) is 75.1. The van der Waals surface area contributed by atoms with Gasteiger partial charge in [0.1, 0.15) is 19.8 Å². The number of nitrogens with zero attached hydrogens (tertiary/aromatic N) is 1. The molecule has 0 aliphatic heterocycles. The normalized spacial score (nSPS) is 14.5. The molecule has 0 bridgehead atoms. The van der Waals surface area contributed by atoms with E-state index in [1.54, 1.807) is 0 Å². The van der Waals surface area contributed by atoms with Gasteiger partial charge in [0.15, 0.2) is 6.10 Å². The fourth-order valence-corrected chi connectivity index (χ4v) is 8.04. The lowest BCUT2D eigenvalue weighted by Crippen LogP contribution is -2.37. The Kier molecular flexibility index (Phi) is 55.2. The van der Waals surface area contributed by atoms with Crippen molar-refractivity contribution in [2.24, 2.45) is 0 Å². The third kappa shape index (κ3) is 62.3. The smallest absolute Gasteiger partial charge is 0.462 e. The monoisotopic (exact) mass is 1120 g/mol. The van der Waals surface area contributed by atoms with E-state index in [9.17, 15) is 19.0 Å². The van der Waals surface area contributed by atoms with Crippen LogP contribution < -0.4 is 0 Å². The summed E-state index contributed by atoms with van der Waals surface area (Å²) in [6.45, 7) is 4.11. The predicted molar refractivity (Wildman–Crippen MR) is 343 cm³/mol. The molecule has 9 nitrogen and oxygen atoms in total. The second-order valence-corrected chi connectivity index (χ2v) is 22.1. The second-order valence-electron chi connectivity index (χ2n) is 20.6. The average molecular weight is 1130 g/mol. The van der Waals surface area contributed by atoms with Gasteiger partial charge in [-0.1, -0.05) is 228 Å². The first-order valence-electron chi connectivity index (χ1n) is 30.5. The fourth-order valence-electron chi connectivity index (χ4n) is 7.30. The number of unbranched alkanes of at least 4 members (excludes halogenated alkanes) is 9. The number of likely N-dealkylation sites (N-methyl/N-ethyl adjacent to an activating group) is 1. The van der Waals surface area contributed by atoms with Crippen LogP contribution in [0.25, 0.3) is 0 Å². The molecule has 0 spiro atoms. The molecule has 10 heteroatoms. The zero-order valence-corrected chi connectivity index (χ0v) is 51.6. The summed E-state index contributed by atoms with van der Waals surface area (Å²) in [5.41, 5.74) is 0. The van der Waals surface area contributed by atoms with Crippen molar-refractivity contribution in [3.05, 3.63) is 182 Å². The van der Waals surface area contributed by atoms with Crippen molar-refractivity contribution in [2.45, 2.75) is 200 Å². The summed E-state index contributed by atoms with van der Waals surface area (Å²) in [7, 11) is 1.41. The SMILES string of the molecule is CC/C=C\C/C=C\C/C=C\C/C=C\C/C=C\C/C=C\C/C=C\C/C=C\C/C=C\CCCCCCCC(=O)OC(COC(=O)CCCCCC/C=C\C/C=C\C/C=C\C/C=C\C/C=C\C/C=C\CC)COP(=O)(O)OCC[N+](C)(C)C. The highest BCUT2D eigenvalue weighted by Crippen LogP contribution is 2.43. The van der Waals surface area contributed by atoms with Gasteiger partial charge in [-0.3, -0.25) is 18.6 Å². The number of carbonyl (C=O) groups is 2. The zero-order chi connectivity index (χ0) is 58.4. The maximum Gasteiger partial charge on any atom is 0.472 e. The third-order valence-electron chi connectivity index (χ3n) is 11.9. The van der Waals surface area contributed by atoms with Crippen molar-refractivity contribution in [3.63, 3.8) is 0 Å². The van der Waals surface area contributed by atoms with Crippen LogP contribution in [0.3, 0.4) is 0 Å². The number of allylic oxidation sites excluding steroid dienone is 30. The van der Waals surface area contributed by atoms with Crippen molar-refractivity contribution in [2.75, 3.05) is 47.5 Å². The van der Waals surface area contributed by atoms with E-state index in [1.165, 1.54) is 0 Å². The molecule has 0 aromatic heterocycles. The highest BCUT2D eigenvalue weighted by atomic mass is 31.2. The molecule has 0 aliphatic rings. The van der Waals surface area contributed by atoms with Gasteiger partial charge in [0.2, 0.25) is 0 Å². The van der Waals surface area contributed by atoms with Crippen LogP contribution in [-0.4, -0.2) is 74.9 Å². The van der Waals surface area contributed by atoms with E-state index in [4.69, 9.17) is 18.5 Å². The Morgan fingerprint density at radius 2 is 0.675 bits per heavy atom. The van der Waals surface area contributed by atoms with Crippen molar-refractivity contribution in [1.82, 2.24) is 0 Å². The van der Waals surface area contributed by atoms with E-state index in [1.807, 2.05) is 21.1 Å². The van der Waals surface area contributed by atoms with Crippen LogP contribution in [0.1, 0.15) is 194 Å². The highest BCUT2D eigenvalue weighted by Gasteiger charge is 2.27. The maximum atomic E-state index is 12.8. The molecule has 2 unspecified atom stereocenters. The summed E-state index contributed by atoms with van der Waals surface area (Å²) >= 11 is 0. The van der Waals surface area contributed by atoms with Gasteiger partial charge >= 0.3 is 19.8 Å². The van der Waals surface area contributed by atoms with Gasteiger partial charge in [-0.25, -0.2) is 4.57 Å². The maximum absolute atomic E-state index is 12.8. The number of esters is 2. The number of quaternary nitrogens is 1. The number of phosphoric acid groups is 1. The van der Waals surface area contributed by atoms with E-state index in [0.29, 0.717) is 23.9 Å². The fraction of sp³-hybridized carbons (Fsp3) is 0.543. The number of hydrogen-bond donors (Lipinski definition) is 1. The van der Waals surface area contributed by atoms with Gasteiger partial charge in [0, 0.05) is 12.8 Å². The lowest BCUT2D eigenvalue weighted by molar-refractivity contribution is -0.870. The second kappa shape index (κ2) is 58.8. The molecule has 0 fully saturated rings. The van der Waals surface area contributed by atoms with Gasteiger partial charge < -0.3 is 18.9 Å². The topological polar surface area (TPSA) is 108 Å². The molecule has 0 aliphatic carbocycles. The summed E-state index contributed by atoms with van der Waals surface area (Å²) in [5, 5.41) is 0. The molecular weight excluding hydrogens is 1010 g/mol. The van der Waals surface area contributed by atoms with Gasteiger partial charge in [-0.15, -0.1) is 0 Å². The Labute approximate surface area is 489 Å². The van der Waals surface area contributed by atoms with Crippen LogP contribution in [0.2, 0.25) is 0 Å². The minimum Gasteiger partial charge on any atom is -0.462 e. The molecule has 0 heterocycles. The molecular formula is C70H111NO8P+. The number of ether oxygens (including phenoxy) is 2.